The molecule has 4 nitrogen and oxygen atoms in total. The normalized spacial score (nSPS) is 14.7. The first kappa shape index (κ1) is 15.6. The van der Waals surface area contributed by atoms with Crippen molar-refractivity contribution in [2.24, 2.45) is 0 Å². The van der Waals surface area contributed by atoms with Gasteiger partial charge in [-0.1, -0.05) is 54.6 Å². The second kappa shape index (κ2) is 6.93. The van der Waals surface area contributed by atoms with Gasteiger partial charge in [0.05, 0.1) is 0 Å². The third-order valence-corrected chi connectivity index (χ3v) is 4.77. The molecule has 0 radical (unpaired) electrons. The van der Waals surface area contributed by atoms with Crippen molar-refractivity contribution in [3.63, 3.8) is 0 Å². The summed E-state index contributed by atoms with van der Waals surface area (Å²) in [6, 6.07) is 21.3. The van der Waals surface area contributed by atoms with Gasteiger partial charge >= 0.3 is 0 Å². The Morgan fingerprint density at radius 2 is 1.72 bits per heavy atom. The summed E-state index contributed by atoms with van der Waals surface area (Å²) in [4.78, 5) is 11.2. The van der Waals surface area contributed by atoms with Gasteiger partial charge in [0, 0.05) is 25.2 Å². The molecule has 1 unspecified atom stereocenters. The Labute approximate surface area is 148 Å². The summed E-state index contributed by atoms with van der Waals surface area (Å²) < 4.78 is 0. The minimum absolute atomic E-state index is 0.200. The minimum atomic E-state index is 0.200. The second-order valence-electron chi connectivity index (χ2n) is 6.48. The fourth-order valence-electron chi connectivity index (χ4n) is 3.34. The molecule has 25 heavy (non-hydrogen) atoms. The summed E-state index contributed by atoms with van der Waals surface area (Å²) in [6.45, 7) is 4.04. The lowest BCUT2D eigenvalue weighted by atomic mass is 10.00. The van der Waals surface area contributed by atoms with E-state index in [1.54, 1.807) is 6.33 Å². The van der Waals surface area contributed by atoms with E-state index in [-0.39, 0.29) is 6.04 Å². The highest BCUT2D eigenvalue weighted by molar-refractivity contribution is 5.51. The van der Waals surface area contributed by atoms with Gasteiger partial charge in [0.25, 0.3) is 0 Å². The van der Waals surface area contributed by atoms with Crippen LogP contribution in [0.5, 0.6) is 0 Å². The van der Waals surface area contributed by atoms with E-state index in [4.69, 9.17) is 0 Å². The van der Waals surface area contributed by atoms with Crippen molar-refractivity contribution in [2.75, 3.05) is 16.8 Å². The largest absolute Gasteiger partial charge is 0.363 e. The highest BCUT2D eigenvalue weighted by Crippen LogP contribution is 2.25. The molecular formula is C21H22N4. The predicted octanol–water partition coefficient (Wildman–Crippen LogP) is 4.21. The maximum Gasteiger partial charge on any atom is 0.134 e. The Hall–Kier alpha value is -2.88. The molecule has 4 heteroatoms. The monoisotopic (exact) mass is 330 g/mol. The standard InChI is InChI=1S/C21H22N4/c1-16(17-7-3-2-4-8-17)24-20-13-21(23-15-22-20)25-12-11-18-9-5-6-10-19(18)14-25/h2-10,13,15-16H,11-12,14H2,1H3,(H,22,23,24). The van der Waals surface area contributed by atoms with E-state index in [1.165, 1.54) is 16.7 Å². The van der Waals surface area contributed by atoms with E-state index in [1.807, 2.05) is 12.1 Å². The Balaban J connectivity index is 1.50. The molecule has 1 atom stereocenters. The molecule has 0 spiro atoms. The molecule has 3 aromatic rings. The molecule has 2 heterocycles. The van der Waals surface area contributed by atoms with E-state index in [0.717, 1.165) is 31.1 Å². The Morgan fingerprint density at radius 1 is 0.960 bits per heavy atom. The number of hydrogen-bond donors (Lipinski definition) is 1. The lowest BCUT2D eigenvalue weighted by molar-refractivity contribution is 0.719. The first-order chi connectivity index (χ1) is 12.3. The van der Waals surface area contributed by atoms with E-state index < -0.39 is 0 Å². The van der Waals surface area contributed by atoms with E-state index in [0.29, 0.717) is 0 Å². The van der Waals surface area contributed by atoms with Crippen molar-refractivity contribution in [2.45, 2.75) is 25.9 Å². The summed E-state index contributed by atoms with van der Waals surface area (Å²) in [5, 5.41) is 3.48. The Bertz CT molecular complexity index is 847. The van der Waals surface area contributed by atoms with Crippen molar-refractivity contribution >= 4 is 11.6 Å². The lowest BCUT2D eigenvalue weighted by Crippen LogP contribution is -2.31. The molecule has 0 bridgehead atoms. The molecule has 0 aliphatic carbocycles. The third kappa shape index (κ3) is 3.48. The van der Waals surface area contributed by atoms with Crippen LogP contribution in [-0.2, 0) is 13.0 Å². The van der Waals surface area contributed by atoms with Crippen LogP contribution in [0.2, 0.25) is 0 Å². The van der Waals surface area contributed by atoms with Gasteiger partial charge in [0.2, 0.25) is 0 Å². The number of anilines is 2. The second-order valence-corrected chi connectivity index (χ2v) is 6.48. The van der Waals surface area contributed by atoms with Crippen molar-refractivity contribution in [1.29, 1.82) is 0 Å². The molecule has 0 saturated heterocycles. The van der Waals surface area contributed by atoms with Crippen LogP contribution in [0.4, 0.5) is 11.6 Å². The van der Waals surface area contributed by atoms with Gasteiger partial charge in [0.15, 0.2) is 0 Å². The summed E-state index contributed by atoms with van der Waals surface area (Å²) in [6.07, 6.45) is 2.71. The van der Waals surface area contributed by atoms with Gasteiger partial charge in [-0.3, -0.25) is 0 Å². The fourth-order valence-corrected chi connectivity index (χ4v) is 3.34. The van der Waals surface area contributed by atoms with Gasteiger partial charge in [-0.2, -0.15) is 0 Å². The number of nitrogens with zero attached hydrogens (tertiary/aromatic N) is 3. The van der Waals surface area contributed by atoms with Crippen LogP contribution >= 0.6 is 0 Å². The number of rotatable bonds is 4. The molecule has 1 aromatic heterocycles. The lowest BCUT2D eigenvalue weighted by Gasteiger charge is -2.30. The minimum Gasteiger partial charge on any atom is -0.363 e. The molecule has 0 saturated carbocycles. The smallest absolute Gasteiger partial charge is 0.134 e. The quantitative estimate of drug-likeness (QED) is 0.778. The summed E-state index contributed by atoms with van der Waals surface area (Å²) in [7, 11) is 0. The van der Waals surface area contributed by atoms with E-state index in [9.17, 15) is 0 Å². The molecular weight excluding hydrogens is 308 g/mol. The summed E-state index contributed by atoms with van der Waals surface area (Å²) >= 11 is 0. The van der Waals surface area contributed by atoms with Crippen LogP contribution in [0.15, 0.2) is 67.0 Å². The van der Waals surface area contributed by atoms with Crippen LogP contribution in [-0.4, -0.2) is 16.5 Å². The average Bonchev–Trinajstić information content (AvgIpc) is 2.68. The molecule has 0 fully saturated rings. The maximum absolute atomic E-state index is 4.49. The average molecular weight is 330 g/mol. The van der Waals surface area contributed by atoms with Crippen LogP contribution in [0, 0.1) is 0 Å². The molecule has 2 aromatic carbocycles. The number of benzene rings is 2. The van der Waals surface area contributed by atoms with Gasteiger partial charge in [-0.25, -0.2) is 9.97 Å². The molecule has 1 aliphatic heterocycles. The molecule has 0 amide bonds. The van der Waals surface area contributed by atoms with Gasteiger partial charge in [-0.05, 0) is 30.0 Å². The fraction of sp³-hybridized carbons (Fsp3) is 0.238. The van der Waals surface area contributed by atoms with Crippen molar-refractivity contribution in [3.05, 3.63) is 83.7 Å². The highest BCUT2D eigenvalue weighted by Gasteiger charge is 2.17. The zero-order valence-electron chi connectivity index (χ0n) is 14.4. The zero-order chi connectivity index (χ0) is 17.1. The maximum atomic E-state index is 4.49. The van der Waals surface area contributed by atoms with Crippen LogP contribution in [0.25, 0.3) is 0 Å². The Kier molecular flexibility index (Phi) is 4.34. The number of nitrogens with one attached hydrogen (secondary N) is 1. The van der Waals surface area contributed by atoms with E-state index >= 15 is 0 Å². The molecule has 1 N–H and O–H groups in total. The van der Waals surface area contributed by atoms with Crippen LogP contribution < -0.4 is 10.2 Å². The van der Waals surface area contributed by atoms with Crippen LogP contribution in [0.1, 0.15) is 29.7 Å². The SMILES string of the molecule is CC(Nc1cc(N2CCc3ccccc3C2)ncn1)c1ccccc1. The number of hydrogen-bond acceptors (Lipinski definition) is 4. The molecule has 4 rings (SSSR count). The van der Waals surface area contributed by atoms with Gasteiger partial charge in [-0.15, -0.1) is 0 Å². The van der Waals surface area contributed by atoms with Crippen LogP contribution in [0.3, 0.4) is 0 Å². The highest BCUT2D eigenvalue weighted by atomic mass is 15.2. The topological polar surface area (TPSA) is 41.0 Å². The van der Waals surface area contributed by atoms with Gasteiger partial charge < -0.3 is 10.2 Å². The van der Waals surface area contributed by atoms with E-state index in [2.05, 4.69) is 75.6 Å². The first-order valence-electron chi connectivity index (χ1n) is 8.75. The van der Waals surface area contributed by atoms with Crippen molar-refractivity contribution in [1.82, 2.24) is 9.97 Å². The van der Waals surface area contributed by atoms with Gasteiger partial charge in [0.1, 0.15) is 18.0 Å². The Morgan fingerprint density at radius 3 is 2.56 bits per heavy atom. The number of fused-ring (bicyclic) bond motifs is 1. The third-order valence-electron chi connectivity index (χ3n) is 4.77. The van der Waals surface area contributed by atoms with Crippen molar-refractivity contribution in [3.8, 4) is 0 Å². The molecule has 126 valence electrons. The predicted molar refractivity (Wildman–Crippen MR) is 102 cm³/mol. The molecule has 1 aliphatic rings. The van der Waals surface area contributed by atoms with Crippen molar-refractivity contribution < 1.29 is 0 Å². The summed E-state index contributed by atoms with van der Waals surface area (Å²) in [5.74, 6) is 1.84. The summed E-state index contributed by atoms with van der Waals surface area (Å²) in [5.41, 5.74) is 4.08. The zero-order valence-corrected chi connectivity index (χ0v) is 14.4. The number of aromatic nitrogens is 2. The first-order valence-corrected chi connectivity index (χ1v) is 8.75.